The monoisotopic (exact) mass is 279 g/mol. The van der Waals surface area contributed by atoms with Gasteiger partial charge in [0.05, 0.1) is 6.04 Å². The second-order valence-electron chi connectivity index (χ2n) is 4.99. The van der Waals surface area contributed by atoms with Crippen LogP contribution < -0.4 is 16.4 Å². The maximum atomic E-state index is 13.7. The van der Waals surface area contributed by atoms with Crippen LogP contribution in [0.25, 0.3) is 0 Å². The van der Waals surface area contributed by atoms with E-state index < -0.39 is 11.7 Å². The molecule has 2 rings (SSSR count). The van der Waals surface area contributed by atoms with E-state index in [-0.39, 0.29) is 23.2 Å². The molecule has 1 unspecified atom stereocenters. The zero-order valence-electron chi connectivity index (χ0n) is 11.3. The molecule has 1 aliphatic heterocycles. The molecule has 1 fully saturated rings. The SMILES string of the molecule is Cc1c(F)cc(C(N)=O)cc1NC(=O)C1CCCCN1. The Kier molecular flexibility index (Phi) is 4.34. The molecule has 0 aromatic heterocycles. The summed E-state index contributed by atoms with van der Waals surface area (Å²) in [5, 5.41) is 5.78. The fraction of sp³-hybridized carbons (Fsp3) is 0.429. The van der Waals surface area contributed by atoms with E-state index in [0.717, 1.165) is 31.9 Å². The van der Waals surface area contributed by atoms with Crippen LogP contribution in [0.5, 0.6) is 0 Å². The molecule has 6 heteroatoms. The van der Waals surface area contributed by atoms with Gasteiger partial charge in [-0.25, -0.2) is 4.39 Å². The highest BCUT2D eigenvalue weighted by molar-refractivity contribution is 5.98. The number of carbonyl (C=O) groups excluding carboxylic acids is 2. The molecule has 0 aliphatic carbocycles. The van der Waals surface area contributed by atoms with Crippen molar-refractivity contribution in [1.82, 2.24) is 5.32 Å². The molecule has 5 nitrogen and oxygen atoms in total. The normalized spacial score (nSPS) is 18.6. The number of halogens is 1. The van der Waals surface area contributed by atoms with Crippen LogP contribution in [-0.4, -0.2) is 24.4 Å². The Labute approximate surface area is 116 Å². The van der Waals surface area contributed by atoms with Crippen molar-refractivity contribution < 1.29 is 14.0 Å². The average molecular weight is 279 g/mol. The van der Waals surface area contributed by atoms with Gasteiger partial charge in [-0.2, -0.15) is 0 Å². The van der Waals surface area contributed by atoms with Gasteiger partial charge in [0, 0.05) is 16.8 Å². The van der Waals surface area contributed by atoms with Crippen LogP contribution in [0, 0.1) is 12.7 Å². The molecule has 20 heavy (non-hydrogen) atoms. The Bertz CT molecular complexity index is 539. The summed E-state index contributed by atoms with van der Waals surface area (Å²) in [4.78, 5) is 23.2. The highest BCUT2D eigenvalue weighted by Crippen LogP contribution is 2.21. The lowest BCUT2D eigenvalue weighted by atomic mass is 10.0. The second-order valence-corrected chi connectivity index (χ2v) is 4.99. The molecule has 1 atom stereocenters. The van der Waals surface area contributed by atoms with Crippen molar-refractivity contribution in [1.29, 1.82) is 0 Å². The Balaban J connectivity index is 2.19. The fourth-order valence-corrected chi connectivity index (χ4v) is 2.25. The minimum absolute atomic E-state index is 0.0417. The van der Waals surface area contributed by atoms with Gasteiger partial charge in [0.25, 0.3) is 0 Å². The lowest BCUT2D eigenvalue weighted by Crippen LogP contribution is -2.43. The first-order valence-electron chi connectivity index (χ1n) is 6.63. The number of amides is 2. The minimum atomic E-state index is -0.727. The van der Waals surface area contributed by atoms with Crippen molar-refractivity contribution in [2.75, 3.05) is 11.9 Å². The van der Waals surface area contributed by atoms with Gasteiger partial charge in [0.15, 0.2) is 0 Å². The van der Waals surface area contributed by atoms with Gasteiger partial charge in [-0.3, -0.25) is 9.59 Å². The van der Waals surface area contributed by atoms with Crippen molar-refractivity contribution >= 4 is 17.5 Å². The quantitative estimate of drug-likeness (QED) is 0.780. The molecular formula is C14H18FN3O2. The molecule has 108 valence electrons. The lowest BCUT2D eigenvalue weighted by molar-refractivity contribution is -0.118. The summed E-state index contributed by atoms with van der Waals surface area (Å²) in [6.45, 7) is 2.34. The van der Waals surface area contributed by atoms with Gasteiger partial charge < -0.3 is 16.4 Å². The molecule has 1 aromatic carbocycles. The smallest absolute Gasteiger partial charge is 0.248 e. The van der Waals surface area contributed by atoms with E-state index in [9.17, 15) is 14.0 Å². The summed E-state index contributed by atoms with van der Waals surface area (Å²) in [6.07, 6.45) is 2.79. The van der Waals surface area contributed by atoms with E-state index in [0.29, 0.717) is 5.56 Å². The maximum absolute atomic E-state index is 13.7. The largest absolute Gasteiger partial charge is 0.366 e. The van der Waals surface area contributed by atoms with Crippen LogP contribution in [0.1, 0.15) is 35.2 Å². The Morgan fingerprint density at radius 2 is 2.15 bits per heavy atom. The number of piperidine rings is 1. The number of hydrogen-bond donors (Lipinski definition) is 3. The van der Waals surface area contributed by atoms with Crippen molar-refractivity contribution in [3.63, 3.8) is 0 Å². The Morgan fingerprint density at radius 3 is 2.75 bits per heavy atom. The third-order valence-corrected chi connectivity index (χ3v) is 3.51. The Morgan fingerprint density at radius 1 is 1.40 bits per heavy atom. The number of primary amides is 1. The summed E-state index contributed by atoms with van der Waals surface area (Å²) in [6, 6.07) is 2.21. The molecule has 1 aromatic rings. The first kappa shape index (κ1) is 14.5. The Hall–Kier alpha value is -1.95. The molecule has 0 radical (unpaired) electrons. The summed E-state index contributed by atoms with van der Waals surface area (Å²) < 4.78 is 13.7. The van der Waals surface area contributed by atoms with Crippen molar-refractivity contribution in [2.24, 2.45) is 5.73 Å². The third kappa shape index (κ3) is 3.14. The fourth-order valence-electron chi connectivity index (χ4n) is 2.25. The van der Waals surface area contributed by atoms with Gasteiger partial charge in [0.2, 0.25) is 11.8 Å². The number of rotatable bonds is 3. The summed E-state index contributed by atoms with van der Waals surface area (Å²) in [5.41, 5.74) is 5.77. The standard InChI is InChI=1S/C14H18FN3O2/c1-8-10(15)6-9(13(16)19)7-12(8)18-14(20)11-4-2-3-5-17-11/h6-7,11,17H,2-5H2,1H3,(H2,16,19)(H,18,20). The number of hydrogen-bond acceptors (Lipinski definition) is 3. The van der Waals surface area contributed by atoms with E-state index >= 15 is 0 Å². The molecule has 1 aliphatic rings. The van der Waals surface area contributed by atoms with Crippen molar-refractivity contribution in [3.8, 4) is 0 Å². The van der Waals surface area contributed by atoms with Gasteiger partial charge in [0.1, 0.15) is 5.82 Å². The maximum Gasteiger partial charge on any atom is 0.248 e. The predicted octanol–water partition coefficient (Wildman–Crippen LogP) is 1.31. The highest BCUT2D eigenvalue weighted by atomic mass is 19.1. The molecule has 1 heterocycles. The number of benzene rings is 1. The van der Waals surface area contributed by atoms with Crippen LogP contribution in [0.15, 0.2) is 12.1 Å². The summed E-state index contributed by atoms with van der Waals surface area (Å²) in [5.74, 6) is -1.50. The van der Waals surface area contributed by atoms with Crippen LogP contribution >= 0.6 is 0 Å². The molecule has 0 bridgehead atoms. The van der Waals surface area contributed by atoms with Crippen molar-refractivity contribution in [2.45, 2.75) is 32.2 Å². The van der Waals surface area contributed by atoms with Crippen LogP contribution in [0.2, 0.25) is 0 Å². The van der Waals surface area contributed by atoms with Crippen LogP contribution in [0.3, 0.4) is 0 Å². The van der Waals surface area contributed by atoms with E-state index in [1.807, 2.05) is 0 Å². The zero-order chi connectivity index (χ0) is 14.7. The number of nitrogens with two attached hydrogens (primary N) is 1. The highest BCUT2D eigenvalue weighted by Gasteiger charge is 2.21. The zero-order valence-corrected chi connectivity index (χ0v) is 11.3. The van der Waals surface area contributed by atoms with Gasteiger partial charge in [-0.1, -0.05) is 6.42 Å². The molecule has 4 N–H and O–H groups in total. The predicted molar refractivity (Wildman–Crippen MR) is 73.9 cm³/mol. The number of carbonyl (C=O) groups is 2. The topological polar surface area (TPSA) is 84.2 Å². The van der Waals surface area contributed by atoms with E-state index in [2.05, 4.69) is 10.6 Å². The summed E-state index contributed by atoms with van der Waals surface area (Å²) >= 11 is 0. The average Bonchev–Trinajstić information content (AvgIpc) is 2.44. The molecule has 0 saturated carbocycles. The van der Waals surface area contributed by atoms with Gasteiger partial charge >= 0.3 is 0 Å². The second kappa shape index (κ2) is 6.00. The molecule has 1 saturated heterocycles. The van der Waals surface area contributed by atoms with E-state index in [1.54, 1.807) is 6.92 Å². The van der Waals surface area contributed by atoms with E-state index in [1.165, 1.54) is 6.07 Å². The molecule has 2 amide bonds. The van der Waals surface area contributed by atoms with Gasteiger partial charge in [-0.05, 0) is 38.4 Å². The van der Waals surface area contributed by atoms with Gasteiger partial charge in [-0.15, -0.1) is 0 Å². The first-order chi connectivity index (χ1) is 9.49. The van der Waals surface area contributed by atoms with Crippen LogP contribution in [-0.2, 0) is 4.79 Å². The first-order valence-corrected chi connectivity index (χ1v) is 6.63. The molecule has 0 spiro atoms. The lowest BCUT2D eigenvalue weighted by Gasteiger charge is -2.23. The van der Waals surface area contributed by atoms with E-state index in [4.69, 9.17) is 5.73 Å². The van der Waals surface area contributed by atoms with Crippen molar-refractivity contribution in [3.05, 3.63) is 29.1 Å². The van der Waals surface area contributed by atoms with Crippen LogP contribution in [0.4, 0.5) is 10.1 Å². The minimum Gasteiger partial charge on any atom is -0.366 e. The number of nitrogens with one attached hydrogen (secondary N) is 2. The number of anilines is 1. The summed E-state index contributed by atoms with van der Waals surface area (Å²) in [7, 11) is 0. The third-order valence-electron chi connectivity index (χ3n) is 3.51. The molecular weight excluding hydrogens is 261 g/mol.